The number of carboxylic acid groups (broad SMARTS) is 1. The zero-order valence-electron chi connectivity index (χ0n) is 20.6. The van der Waals surface area contributed by atoms with Gasteiger partial charge in [-0.15, -0.1) is 11.8 Å². The lowest BCUT2D eigenvalue weighted by atomic mass is 9.95. The number of aryl methyl sites for hydroxylation is 1. The summed E-state index contributed by atoms with van der Waals surface area (Å²) in [5.41, 5.74) is 6.67. The van der Waals surface area contributed by atoms with Crippen LogP contribution in [0.2, 0.25) is 0 Å². The van der Waals surface area contributed by atoms with Gasteiger partial charge in [0.1, 0.15) is 11.5 Å². The SMILES string of the molecule is COc1ccc(-c2ccc(/C(=C\CSc3ccc(OCC(=O)O)c(C)c3)c3ccc(Br)cc3)cc2)cc1. The highest BCUT2D eigenvalue weighted by Gasteiger charge is 2.08. The number of rotatable bonds is 10. The van der Waals surface area contributed by atoms with Crippen molar-refractivity contribution >= 4 is 39.2 Å². The molecule has 4 aromatic carbocycles. The summed E-state index contributed by atoms with van der Waals surface area (Å²) < 4.78 is 11.7. The van der Waals surface area contributed by atoms with Gasteiger partial charge in [0, 0.05) is 15.1 Å². The van der Waals surface area contributed by atoms with Gasteiger partial charge in [-0.25, -0.2) is 4.79 Å². The molecule has 6 heteroatoms. The largest absolute Gasteiger partial charge is 0.497 e. The highest BCUT2D eigenvalue weighted by Crippen LogP contribution is 2.31. The topological polar surface area (TPSA) is 55.8 Å². The maximum atomic E-state index is 10.8. The number of hydrogen-bond acceptors (Lipinski definition) is 4. The molecular formula is C31H27BrO4S. The van der Waals surface area contributed by atoms with Gasteiger partial charge in [-0.2, -0.15) is 0 Å². The molecule has 0 spiro atoms. The maximum absolute atomic E-state index is 10.8. The molecule has 0 aromatic heterocycles. The molecule has 4 aromatic rings. The molecule has 0 heterocycles. The van der Waals surface area contributed by atoms with Gasteiger partial charge in [0.2, 0.25) is 0 Å². The average Bonchev–Trinajstić information content (AvgIpc) is 2.91. The van der Waals surface area contributed by atoms with Gasteiger partial charge >= 0.3 is 5.97 Å². The van der Waals surface area contributed by atoms with Crippen LogP contribution in [0.4, 0.5) is 0 Å². The van der Waals surface area contributed by atoms with Crippen molar-refractivity contribution in [3.8, 4) is 22.6 Å². The lowest BCUT2D eigenvalue weighted by molar-refractivity contribution is -0.139. The molecule has 1 N–H and O–H groups in total. The molecule has 0 saturated heterocycles. The van der Waals surface area contributed by atoms with Crippen molar-refractivity contribution in [1.82, 2.24) is 0 Å². The molecule has 0 unspecified atom stereocenters. The van der Waals surface area contributed by atoms with E-state index in [1.165, 1.54) is 5.57 Å². The quantitative estimate of drug-likeness (QED) is 0.194. The molecule has 0 atom stereocenters. The van der Waals surface area contributed by atoms with E-state index in [-0.39, 0.29) is 6.61 Å². The fourth-order valence-electron chi connectivity index (χ4n) is 3.89. The second-order valence-corrected chi connectivity index (χ2v) is 10.4. The van der Waals surface area contributed by atoms with Crippen LogP contribution >= 0.6 is 27.7 Å². The Hall–Kier alpha value is -3.48. The van der Waals surface area contributed by atoms with Crippen LogP contribution in [0.25, 0.3) is 16.7 Å². The minimum atomic E-state index is -0.986. The van der Waals surface area contributed by atoms with Gasteiger partial charge in [-0.05, 0) is 82.8 Å². The number of thioether (sulfide) groups is 1. The van der Waals surface area contributed by atoms with Gasteiger partial charge in [0.15, 0.2) is 6.61 Å². The highest BCUT2D eigenvalue weighted by atomic mass is 79.9. The molecule has 4 rings (SSSR count). The van der Waals surface area contributed by atoms with Crippen molar-refractivity contribution in [2.75, 3.05) is 19.5 Å². The number of ether oxygens (including phenoxy) is 2. The summed E-state index contributed by atoms with van der Waals surface area (Å²) in [5, 5.41) is 8.84. The van der Waals surface area contributed by atoms with Crippen LogP contribution in [-0.2, 0) is 4.79 Å². The Morgan fingerprint density at radius 3 is 2.05 bits per heavy atom. The Bertz CT molecular complexity index is 1380. The first-order valence-corrected chi connectivity index (χ1v) is 13.5. The van der Waals surface area contributed by atoms with Crippen LogP contribution in [0.1, 0.15) is 16.7 Å². The number of aliphatic carboxylic acids is 1. The maximum Gasteiger partial charge on any atom is 0.341 e. The average molecular weight is 576 g/mol. The van der Waals surface area contributed by atoms with Gasteiger partial charge < -0.3 is 14.6 Å². The van der Waals surface area contributed by atoms with E-state index in [1.54, 1.807) is 18.9 Å². The Morgan fingerprint density at radius 1 is 0.892 bits per heavy atom. The molecule has 0 radical (unpaired) electrons. The third-order valence-corrected chi connectivity index (χ3v) is 7.26. The summed E-state index contributed by atoms with van der Waals surface area (Å²) in [4.78, 5) is 11.9. The number of carbonyl (C=O) groups is 1. The number of carboxylic acids is 1. The summed E-state index contributed by atoms with van der Waals surface area (Å²) in [6.45, 7) is 1.58. The van der Waals surface area contributed by atoms with Gasteiger partial charge in [-0.1, -0.05) is 70.5 Å². The number of hydrogen-bond donors (Lipinski definition) is 1. The van der Waals surface area contributed by atoms with Gasteiger partial charge in [0.05, 0.1) is 7.11 Å². The first kappa shape index (κ1) is 26.6. The zero-order valence-corrected chi connectivity index (χ0v) is 23.0. The highest BCUT2D eigenvalue weighted by molar-refractivity contribution is 9.10. The zero-order chi connectivity index (χ0) is 26.2. The van der Waals surface area contributed by atoms with Crippen molar-refractivity contribution in [2.45, 2.75) is 11.8 Å². The van der Waals surface area contributed by atoms with Crippen molar-refractivity contribution in [1.29, 1.82) is 0 Å². The van der Waals surface area contributed by atoms with Gasteiger partial charge in [-0.3, -0.25) is 0 Å². The minimum Gasteiger partial charge on any atom is -0.497 e. The van der Waals surface area contributed by atoms with Crippen molar-refractivity contribution in [3.63, 3.8) is 0 Å². The fourth-order valence-corrected chi connectivity index (χ4v) is 5.02. The number of methoxy groups -OCH3 is 1. The number of halogens is 1. The molecule has 0 fully saturated rings. The first-order chi connectivity index (χ1) is 17.9. The predicted molar refractivity (Wildman–Crippen MR) is 155 cm³/mol. The first-order valence-electron chi connectivity index (χ1n) is 11.7. The molecule has 37 heavy (non-hydrogen) atoms. The molecule has 0 amide bonds. The monoisotopic (exact) mass is 574 g/mol. The second kappa shape index (κ2) is 12.7. The smallest absolute Gasteiger partial charge is 0.341 e. The van der Waals surface area contributed by atoms with Crippen LogP contribution in [0, 0.1) is 6.92 Å². The third-order valence-electron chi connectivity index (χ3n) is 5.81. The van der Waals surface area contributed by atoms with Crippen LogP contribution in [0.3, 0.4) is 0 Å². The fraction of sp³-hybridized carbons (Fsp3) is 0.129. The van der Waals surface area contributed by atoms with E-state index in [2.05, 4.69) is 82.7 Å². The second-order valence-electron chi connectivity index (χ2n) is 8.35. The Labute approximate surface area is 230 Å². The minimum absolute atomic E-state index is 0.343. The molecular weight excluding hydrogens is 548 g/mol. The Balaban J connectivity index is 1.54. The van der Waals surface area contributed by atoms with E-state index >= 15 is 0 Å². The van der Waals surface area contributed by atoms with Crippen LogP contribution in [0.5, 0.6) is 11.5 Å². The molecule has 4 nitrogen and oxygen atoms in total. The van der Waals surface area contributed by atoms with E-state index in [0.717, 1.165) is 48.7 Å². The summed E-state index contributed by atoms with van der Waals surface area (Å²) in [6, 6.07) is 30.9. The number of benzene rings is 4. The summed E-state index contributed by atoms with van der Waals surface area (Å²) in [5.74, 6) is 1.23. The van der Waals surface area contributed by atoms with E-state index in [1.807, 2.05) is 37.3 Å². The summed E-state index contributed by atoms with van der Waals surface area (Å²) in [7, 11) is 1.67. The molecule has 0 aliphatic carbocycles. The van der Waals surface area contributed by atoms with E-state index in [4.69, 9.17) is 14.6 Å². The molecule has 0 bridgehead atoms. The Kier molecular flexibility index (Phi) is 9.09. The van der Waals surface area contributed by atoms with Gasteiger partial charge in [0.25, 0.3) is 0 Å². The standard InChI is InChI=1S/C31H27BrO4S/c1-21-19-28(15-16-30(21)36-20-31(33)34)37-18-17-29(25-7-11-26(32)12-8-25)24-5-3-22(4-6-24)23-9-13-27(35-2)14-10-23/h3-17,19H,18,20H2,1-2H3,(H,33,34)/b29-17+. The van der Waals surface area contributed by atoms with E-state index in [0.29, 0.717) is 5.75 Å². The third kappa shape index (κ3) is 7.28. The van der Waals surface area contributed by atoms with Crippen molar-refractivity contribution in [3.05, 3.63) is 118 Å². The van der Waals surface area contributed by atoms with Crippen molar-refractivity contribution < 1.29 is 19.4 Å². The van der Waals surface area contributed by atoms with E-state index < -0.39 is 5.97 Å². The lowest BCUT2D eigenvalue weighted by Crippen LogP contribution is -2.09. The van der Waals surface area contributed by atoms with Crippen LogP contribution in [0.15, 0.2) is 106 Å². The normalized spacial score (nSPS) is 11.3. The molecule has 0 aliphatic heterocycles. The molecule has 188 valence electrons. The predicted octanol–water partition coefficient (Wildman–Crippen LogP) is 8.12. The summed E-state index contributed by atoms with van der Waals surface area (Å²) >= 11 is 5.26. The van der Waals surface area contributed by atoms with Crippen LogP contribution in [-0.4, -0.2) is 30.5 Å². The van der Waals surface area contributed by atoms with Crippen LogP contribution < -0.4 is 9.47 Å². The van der Waals surface area contributed by atoms with Crippen molar-refractivity contribution in [2.24, 2.45) is 0 Å². The molecule has 0 saturated carbocycles. The summed E-state index contributed by atoms with van der Waals surface area (Å²) in [6.07, 6.45) is 2.25. The lowest BCUT2D eigenvalue weighted by Gasteiger charge is -2.12. The molecule has 0 aliphatic rings. The Morgan fingerprint density at radius 2 is 1.49 bits per heavy atom. The van der Waals surface area contributed by atoms with E-state index in [9.17, 15) is 4.79 Å².